The van der Waals surface area contributed by atoms with Gasteiger partial charge in [0.05, 0.1) is 33.1 Å². The molecule has 0 saturated heterocycles. The van der Waals surface area contributed by atoms with E-state index in [4.69, 9.17) is 11.0 Å². The molecule has 0 amide bonds. The molecule has 0 saturated carbocycles. The van der Waals surface area contributed by atoms with Crippen molar-refractivity contribution < 1.29 is 15.5 Å². The maximum absolute atomic E-state index is 8.92. The highest BCUT2D eigenvalue weighted by Gasteiger charge is 2.23. The molecule has 4 aromatic carbocycles. The summed E-state index contributed by atoms with van der Waals surface area (Å²) >= 11 is 0. The first kappa shape index (κ1) is 13.0. The van der Waals surface area contributed by atoms with E-state index in [-0.39, 0.29) is 46.0 Å². The highest BCUT2D eigenvalue weighted by Crippen LogP contribution is 2.36. The number of fused-ring (bicyclic) bond motifs is 4. The number of rotatable bonds is 2. The zero-order valence-corrected chi connectivity index (χ0v) is 18.9. The molecule has 33 heavy (non-hydrogen) atoms. The molecular formula is C31H27N2+. The predicted molar refractivity (Wildman–Crippen MR) is 139 cm³/mol. The molecule has 0 bridgehead atoms. The van der Waals surface area contributed by atoms with Crippen LogP contribution in [0.15, 0.2) is 90.8 Å². The van der Waals surface area contributed by atoms with Gasteiger partial charge in [0.25, 0.3) is 0 Å². The SMILES string of the molecule is [2H]c1c([2H])c([2H])c2c(c1[2H])c1c([2H])c([2H])c([2H])c([2H])c1n2-c1cc(-c2cc(C)cc(C)c2C)[n+](C)c2ccccc12. The molecule has 0 aliphatic heterocycles. The lowest BCUT2D eigenvalue weighted by Crippen LogP contribution is -2.33. The molecule has 2 heterocycles. The minimum atomic E-state index is -0.454. The summed E-state index contributed by atoms with van der Waals surface area (Å²) in [6.07, 6.45) is 0. The van der Waals surface area contributed by atoms with E-state index in [0.29, 0.717) is 5.69 Å². The fraction of sp³-hybridized carbons (Fsp3) is 0.129. The van der Waals surface area contributed by atoms with Gasteiger partial charge >= 0.3 is 0 Å². The molecule has 2 heteroatoms. The van der Waals surface area contributed by atoms with Crippen LogP contribution in [0.25, 0.3) is 49.7 Å². The van der Waals surface area contributed by atoms with Crippen molar-refractivity contribution in [3.8, 4) is 16.9 Å². The summed E-state index contributed by atoms with van der Waals surface area (Å²) in [4.78, 5) is 0. The zero-order valence-electron chi connectivity index (χ0n) is 26.9. The second-order valence-corrected chi connectivity index (χ2v) is 8.53. The van der Waals surface area contributed by atoms with Gasteiger partial charge in [-0.3, -0.25) is 0 Å². The normalized spacial score (nSPS) is 15.0. The first-order valence-corrected chi connectivity index (χ1v) is 10.9. The van der Waals surface area contributed by atoms with E-state index in [0.717, 1.165) is 38.9 Å². The van der Waals surface area contributed by atoms with E-state index in [1.165, 1.54) is 0 Å². The van der Waals surface area contributed by atoms with Crippen LogP contribution in [-0.2, 0) is 7.05 Å². The molecule has 2 aromatic heterocycles. The fourth-order valence-corrected chi connectivity index (χ4v) is 4.83. The van der Waals surface area contributed by atoms with Crippen LogP contribution in [-0.4, -0.2) is 4.57 Å². The molecule has 2 nitrogen and oxygen atoms in total. The molecule has 6 rings (SSSR count). The third-order valence-corrected chi connectivity index (χ3v) is 6.54. The summed E-state index contributed by atoms with van der Waals surface area (Å²) in [5.41, 5.74) is 6.82. The number of hydrogen-bond acceptors (Lipinski definition) is 0. The molecule has 0 radical (unpaired) electrons. The summed E-state index contributed by atoms with van der Waals surface area (Å²) < 4.78 is 72.7. The van der Waals surface area contributed by atoms with Crippen LogP contribution >= 0.6 is 0 Å². The maximum Gasteiger partial charge on any atom is 0.215 e. The van der Waals surface area contributed by atoms with Crippen molar-refractivity contribution in [2.75, 3.05) is 0 Å². The number of hydrogen-bond donors (Lipinski definition) is 0. The number of aryl methyl sites for hydroxylation is 3. The van der Waals surface area contributed by atoms with Crippen molar-refractivity contribution in [2.24, 2.45) is 7.05 Å². The predicted octanol–water partition coefficient (Wildman–Crippen LogP) is 7.35. The lowest BCUT2D eigenvalue weighted by molar-refractivity contribution is -0.633. The van der Waals surface area contributed by atoms with E-state index in [1.54, 1.807) is 4.57 Å². The van der Waals surface area contributed by atoms with Crippen LogP contribution in [0.4, 0.5) is 0 Å². The van der Waals surface area contributed by atoms with Gasteiger partial charge in [-0.05, 0) is 56.1 Å². The molecule has 0 spiro atoms. The minimum Gasteiger partial charge on any atom is -0.308 e. The largest absolute Gasteiger partial charge is 0.308 e. The van der Waals surface area contributed by atoms with E-state index in [2.05, 4.69) is 30.5 Å². The Labute approximate surface area is 205 Å². The average molecular weight is 436 g/mol. The monoisotopic (exact) mass is 435 g/mol. The highest BCUT2D eigenvalue weighted by molar-refractivity contribution is 6.10. The van der Waals surface area contributed by atoms with Gasteiger partial charge in [0.2, 0.25) is 11.2 Å². The number of nitrogens with zero attached hydrogens (tertiary/aromatic N) is 2. The Hall–Kier alpha value is -3.91. The van der Waals surface area contributed by atoms with Crippen molar-refractivity contribution in [1.29, 1.82) is 0 Å². The van der Waals surface area contributed by atoms with E-state index in [9.17, 15) is 0 Å². The summed E-state index contributed by atoms with van der Waals surface area (Å²) in [6, 6.07) is 10.8. The molecule has 0 unspecified atom stereocenters. The summed E-state index contributed by atoms with van der Waals surface area (Å²) in [5.74, 6) is 0. The summed E-state index contributed by atoms with van der Waals surface area (Å²) in [7, 11) is 1.97. The molecule has 0 fully saturated rings. The average Bonchev–Trinajstić information content (AvgIpc) is 3.31. The quantitative estimate of drug-likeness (QED) is 0.251. The van der Waals surface area contributed by atoms with Gasteiger partial charge in [0.1, 0.15) is 7.05 Å². The summed E-state index contributed by atoms with van der Waals surface area (Å²) in [6.45, 7) is 6.16. The van der Waals surface area contributed by atoms with Crippen molar-refractivity contribution in [3.63, 3.8) is 0 Å². The van der Waals surface area contributed by atoms with Crippen molar-refractivity contribution in [1.82, 2.24) is 4.57 Å². The number of para-hydroxylation sites is 3. The molecule has 0 aliphatic carbocycles. The lowest BCUT2D eigenvalue weighted by Gasteiger charge is -2.15. The van der Waals surface area contributed by atoms with Gasteiger partial charge in [-0.15, -0.1) is 0 Å². The zero-order chi connectivity index (χ0) is 29.7. The van der Waals surface area contributed by atoms with Gasteiger partial charge in [-0.1, -0.05) is 60.0 Å². The molecular weight excluding hydrogens is 400 g/mol. The number of aromatic nitrogens is 2. The Bertz CT molecular complexity index is 2050. The van der Waals surface area contributed by atoms with Crippen LogP contribution in [0.3, 0.4) is 0 Å². The second-order valence-electron chi connectivity index (χ2n) is 8.53. The van der Waals surface area contributed by atoms with Gasteiger partial charge in [-0.25, -0.2) is 0 Å². The Morgan fingerprint density at radius 3 is 2.09 bits per heavy atom. The molecule has 6 aromatic rings. The second kappa shape index (κ2) is 7.31. The molecule has 0 atom stereocenters. The van der Waals surface area contributed by atoms with Gasteiger partial charge in [0.15, 0.2) is 0 Å². The van der Waals surface area contributed by atoms with Crippen molar-refractivity contribution in [3.05, 3.63) is 107 Å². The molecule has 0 N–H and O–H groups in total. The Balaban J connectivity index is 1.94. The first-order chi connectivity index (χ1) is 19.4. The van der Waals surface area contributed by atoms with E-state index < -0.39 is 24.2 Å². The molecule has 0 aliphatic rings. The number of benzene rings is 4. The smallest absolute Gasteiger partial charge is 0.215 e. The minimum absolute atomic E-state index is 0.0689. The fourth-order valence-electron chi connectivity index (χ4n) is 4.83. The topological polar surface area (TPSA) is 8.81 Å². The molecule has 160 valence electrons. The summed E-state index contributed by atoms with van der Waals surface area (Å²) in [5, 5.41) is 0.901. The van der Waals surface area contributed by atoms with Crippen LogP contribution in [0.2, 0.25) is 0 Å². The van der Waals surface area contributed by atoms with E-state index in [1.807, 2.05) is 44.3 Å². The Morgan fingerprint density at radius 1 is 0.758 bits per heavy atom. The standard InChI is InChI=1S/C31H27N2/c1-20-17-21(2)22(3)26(18-20)30-19-31(25-13-7-8-14-27(25)32(30)4)33-28-15-9-5-11-23(28)24-12-6-10-16-29(24)33/h5-19H,1-4H3/q+1/i5D,6D,9D,10D,11D,12D,15D,16D. The lowest BCUT2D eigenvalue weighted by atomic mass is 9.96. The van der Waals surface area contributed by atoms with Crippen LogP contribution < -0.4 is 4.57 Å². The Kier molecular flexibility index (Phi) is 2.87. The van der Waals surface area contributed by atoms with Crippen LogP contribution in [0.5, 0.6) is 0 Å². The van der Waals surface area contributed by atoms with E-state index >= 15 is 0 Å². The Morgan fingerprint density at radius 2 is 1.39 bits per heavy atom. The third kappa shape index (κ3) is 2.91. The number of pyridine rings is 1. The van der Waals surface area contributed by atoms with Crippen molar-refractivity contribution in [2.45, 2.75) is 20.8 Å². The first-order valence-electron chi connectivity index (χ1n) is 14.9. The van der Waals surface area contributed by atoms with Crippen molar-refractivity contribution >= 4 is 32.7 Å². The maximum atomic E-state index is 8.92. The van der Waals surface area contributed by atoms with Crippen LogP contribution in [0.1, 0.15) is 27.7 Å². The van der Waals surface area contributed by atoms with Gasteiger partial charge in [-0.2, -0.15) is 4.57 Å². The van der Waals surface area contributed by atoms with Gasteiger partial charge < -0.3 is 4.57 Å². The highest BCUT2D eigenvalue weighted by atomic mass is 15.0. The van der Waals surface area contributed by atoms with Crippen LogP contribution in [0, 0.1) is 20.8 Å². The third-order valence-electron chi connectivity index (χ3n) is 6.54. The van der Waals surface area contributed by atoms with Gasteiger partial charge in [0, 0.05) is 28.5 Å².